The highest BCUT2D eigenvalue weighted by Crippen LogP contribution is 2.19. The molecule has 0 aliphatic heterocycles. The van der Waals surface area contributed by atoms with E-state index >= 15 is 0 Å². The van der Waals surface area contributed by atoms with Crippen molar-refractivity contribution in [1.29, 1.82) is 0 Å². The van der Waals surface area contributed by atoms with Crippen LogP contribution >= 0.6 is 0 Å². The van der Waals surface area contributed by atoms with Gasteiger partial charge in [-0.2, -0.15) is 0 Å². The Morgan fingerprint density at radius 1 is 0.741 bits per heavy atom. The number of hydrogen-bond donors (Lipinski definition) is 1. The molecule has 0 rings (SSSR count). The van der Waals surface area contributed by atoms with E-state index in [9.17, 15) is 5.11 Å². The second kappa shape index (κ2) is 18.7. The molecule has 1 N–H and O–H groups in total. The fourth-order valence-electron chi connectivity index (χ4n) is 2.19. The molecule has 10 nitrogen and oxygen atoms in total. The van der Waals surface area contributed by atoms with E-state index in [4.69, 9.17) is 42.6 Å². The molecule has 0 radical (unpaired) electrons. The van der Waals surface area contributed by atoms with Crippen molar-refractivity contribution in [3.8, 4) is 0 Å². The highest BCUT2D eigenvalue weighted by Gasteiger charge is 2.38. The molecule has 0 aromatic rings. The zero-order chi connectivity index (χ0) is 20.3. The maximum Gasteiger partial charge on any atom is 0.146 e. The number of methoxy groups -OCH3 is 4. The quantitative estimate of drug-likeness (QED) is 0.173. The van der Waals surface area contributed by atoms with E-state index in [1.165, 1.54) is 28.4 Å². The lowest BCUT2D eigenvalue weighted by Crippen LogP contribution is -2.52. The van der Waals surface area contributed by atoms with Crippen molar-refractivity contribution in [2.24, 2.45) is 0 Å². The zero-order valence-corrected chi connectivity index (χ0v) is 16.7. The number of aliphatic hydroxyl groups is 1. The maximum absolute atomic E-state index is 9.77. The molecule has 0 bridgehead atoms. The largest absolute Gasteiger partial charge is 0.394 e. The molecule has 0 unspecified atom stereocenters. The Bertz CT molecular complexity index is 331. The van der Waals surface area contributed by atoms with Crippen molar-refractivity contribution in [3.05, 3.63) is 12.7 Å². The van der Waals surface area contributed by atoms with Crippen LogP contribution in [-0.4, -0.2) is 105 Å². The van der Waals surface area contributed by atoms with Gasteiger partial charge in [-0.1, -0.05) is 6.08 Å². The van der Waals surface area contributed by atoms with E-state index < -0.39 is 24.4 Å². The fraction of sp³-hybridized carbons (Fsp3) is 0.882. The molecule has 0 amide bonds. The summed E-state index contributed by atoms with van der Waals surface area (Å²) in [6.07, 6.45) is -1.25. The molecular formula is C17H34O10. The van der Waals surface area contributed by atoms with Gasteiger partial charge < -0.3 is 47.7 Å². The minimum Gasteiger partial charge on any atom is -0.394 e. The van der Waals surface area contributed by atoms with Gasteiger partial charge in [0.25, 0.3) is 0 Å². The van der Waals surface area contributed by atoms with Crippen molar-refractivity contribution in [2.75, 3.05) is 75.4 Å². The van der Waals surface area contributed by atoms with E-state index in [2.05, 4.69) is 6.58 Å². The van der Waals surface area contributed by atoms with Crippen LogP contribution in [0.1, 0.15) is 0 Å². The first kappa shape index (κ1) is 26.3. The van der Waals surface area contributed by atoms with Gasteiger partial charge in [0.15, 0.2) is 0 Å². The molecule has 0 aromatic heterocycles. The predicted octanol–water partition coefficient (Wildman–Crippen LogP) is 0.138. The van der Waals surface area contributed by atoms with E-state index in [-0.39, 0.29) is 40.4 Å². The van der Waals surface area contributed by atoms with Crippen molar-refractivity contribution in [3.63, 3.8) is 0 Å². The molecule has 0 heterocycles. The lowest BCUT2D eigenvalue weighted by Gasteiger charge is -2.36. The summed E-state index contributed by atoms with van der Waals surface area (Å²) >= 11 is 0. The molecule has 0 aliphatic carbocycles. The number of hydrogen-bond acceptors (Lipinski definition) is 10. The van der Waals surface area contributed by atoms with E-state index in [1.54, 1.807) is 6.08 Å². The molecule has 27 heavy (non-hydrogen) atoms. The summed E-state index contributed by atoms with van der Waals surface area (Å²) in [6.45, 7) is 3.67. The Hall–Kier alpha value is -0.660. The molecule has 4 atom stereocenters. The Balaban J connectivity index is 5.46. The average Bonchev–Trinajstić information content (AvgIpc) is 2.69. The summed E-state index contributed by atoms with van der Waals surface area (Å²) in [5, 5.41) is 9.77. The molecular weight excluding hydrogens is 364 g/mol. The number of ether oxygens (including phenoxy) is 9. The van der Waals surface area contributed by atoms with Crippen LogP contribution in [0.4, 0.5) is 0 Å². The van der Waals surface area contributed by atoms with Gasteiger partial charge in [-0.05, 0) is 0 Å². The highest BCUT2D eigenvalue weighted by molar-refractivity contribution is 4.86. The van der Waals surface area contributed by atoms with E-state index in [0.29, 0.717) is 6.61 Å². The predicted molar refractivity (Wildman–Crippen MR) is 95.1 cm³/mol. The lowest BCUT2D eigenvalue weighted by molar-refractivity contribution is -0.247. The monoisotopic (exact) mass is 398 g/mol. The van der Waals surface area contributed by atoms with Crippen molar-refractivity contribution < 1.29 is 47.7 Å². The smallest absolute Gasteiger partial charge is 0.146 e. The number of rotatable bonds is 20. The van der Waals surface area contributed by atoms with Gasteiger partial charge in [-0.25, -0.2) is 0 Å². The van der Waals surface area contributed by atoms with Crippen molar-refractivity contribution >= 4 is 0 Å². The van der Waals surface area contributed by atoms with Crippen LogP contribution in [0.3, 0.4) is 0 Å². The average molecular weight is 398 g/mol. The Kier molecular flexibility index (Phi) is 18.2. The Morgan fingerprint density at radius 2 is 1.19 bits per heavy atom. The van der Waals surface area contributed by atoms with E-state index in [0.717, 1.165) is 0 Å². The standard InChI is InChI=1S/C17H34O10/c1-6-7-23-9-15(25-11-20-3)17(27-13-22-5)16(26-12-21-4)14(8-18)24-10-19-2/h6,14-18H,1,7-13H2,2-5H3/t14-,15-,16-,17-/m1/s1. The zero-order valence-electron chi connectivity index (χ0n) is 16.7. The molecule has 10 heteroatoms. The van der Waals surface area contributed by atoms with Crippen molar-refractivity contribution in [1.82, 2.24) is 0 Å². The molecule has 0 fully saturated rings. The van der Waals surface area contributed by atoms with Gasteiger partial charge in [0.2, 0.25) is 0 Å². The second-order valence-corrected chi connectivity index (χ2v) is 5.31. The van der Waals surface area contributed by atoms with Crippen LogP contribution < -0.4 is 0 Å². The normalized spacial score (nSPS) is 16.0. The van der Waals surface area contributed by atoms with Gasteiger partial charge in [-0.15, -0.1) is 6.58 Å². The first-order chi connectivity index (χ1) is 13.2. The van der Waals surface area contributed by atoms with Crippen LogP contribution in [0, 0.1) is 0 Å². The highest BCUT2D eigenvalue weighted by atomic mass is 16.7. The first-order valence-electron chi connectivity index (χ1n) is 8.41. The molecule has 0 aromatic carbocycles. The summed E-state index contributed by atoms with van der Waals surface area (Å²) in [4.78, 5) is 0. The first-order valence-corrected chi connectivity index (χ1v) is 8.41. The third-order valence-corrected chi connectivity index (χ3v) is 3.31. The summed E-state index contributed by atoms with van der Waals surface area (Å²) in [5.41, 5.74) is 0. The van der Waals surface area contributed by atoms with Crippen LogP contribution in [0.25, 0.3) is 0 Å². The summed E-state index contributed by atoms with van der Waals surface area (Å²) in [7, 11) is 5.96. The summed E-state index contributed by atoms with van der Waals surface area (Å²) in [5.74, 6) is 0. The van der Waals surface area contributed by atoms with Gasteiger partial charge in [0, 0.05) is 28.4 Å². The van der Waals surface area contributed by atoms with Crippen LogP contribution in [0.15, 0.2) is 12.7 Å². The summed E-state index contributed by atoms with van der Waals surface area (Å²) < 4.78 is 48.2. The summed E-state index contributed by atoms with van der Waals surface area (Å²) in [6, 6.07) is 0. The van der Waals surface area contributed by atoms with Gasteiger partial charge in [-0.3, -0.25) is 0 Å². The van der Waals surface area contributed by atoms with Crippen LogP contribution in [-0.2, 0) is 42.6 Å². The maximum atomic E-state index is 9.77. The van der Waals surface area contributed by atoms with Crippen molar-refractivity contribution in [2.45, 2.75) is 24.4 Å². The molecule has 0 saturated heterocycles. The molecule has 162 valence electrons. The third-order valence-electron chi connectivity index (χ3n) is 3.31. The topological polar surface area (TPSA) is 103 Å². The molecule has 0 saturated carbocycles. The van der Waals surface area contributed by atoms with Crippen LogP contribution in [0.2, 0.25) is 0 Å². The van der Waals surface area contributed by atoms with Gasteiger partial charge in [0.1, 0.15) is 51.6 Å². The van der Waals surface area contributed by atoms with Crippen LogP contribution in [0.5, 0.6) is 0 Å². The lowest BCUT2D eigenvalue weighted by atomic mass is 10.0. The SMILES string of the molecule is C=CCOC[C@@H](OCOC)[C@@H](OCOC)[C@H](OCOC)[C@@H](CO)OCOC. The van der Waals surface area contributed by atoms with Gasteiger partial charge in [0.05, 0.1) is 19.8 Å². The fourth-order valence-corrected chi connectivity index (χ4v) is 2.19. The third kappa shape index (κ3) is 11.7. The van der Waals surface area contributed by atoms with E-state index in [1.807, 2.05) is 0 Å². The number of aliphatic hydroxyl groups excluding tert-OH is 1. The second-order valence-electron chi connectivity index (χ2n) is 5.31. The minimum atomic E-state index is -0.769. The van der Waals surface area contributed by atoms with Gasteiger partial charge >= 0.3 is 0 Å². The Morgan fingerprint density at radius 3 is 1.63 bits per heavy atom. The Labute approximate surface area is 161 Å². The minimum absolute atomic E-state index is 0.00861. The molecule has 0 spiro atoms. The molecule has 0 aliphatic rings.